The minimum Gasteiger partial charge on any atom is -0.497 e. The third kappa shape index (κ3) is 4.35. The van der Waals surface area contributed by atoms with E-state index in [1.165, 1.54) is 0 Å². The van der Waals surface area contributed by atoms with Gasteiger partial charge < -0.3 is 14.1 Å². The Labute approximate surface area is 249 Å². The molecule has 0 amide bonds. The number of pyridine rings is 3. The molecule has 0 N–H and O–H groups in total. The van der Waals surface area contributed by atoms with Gasteiger partial charge in [0.25, 0.3) is 0 Å². The molecule has 41 heavy (non-hydrogen) atoms. The van der Waals surface area contributed by atoms with E-state index in [-0.39, 0.29) is 20.4 Å². The normalized spacial score (nSPS) is 11.2. The number of fused-ring (bicyclic) bond motifs is 8. The molecular formula is C35H20N4OPd. The number of benzene rings is 4. The smallest absolute Gasteiger partial charge is 0.497 e. The first kappa shape index (κ1) is 25.1. The van der Waals surface area contributed by atoms with Gasteiger partial charge in [0.1, 0.15) is 0 Å². The minimum atomic E-state index is 0. The SMILES string of the molecule is [Pd+2].[c-]1c(Oc2[c-]c3c(cc2)c2ncccc2n2c4ccccc4nc32)cccc1-c1cc(-c2ccccc2)ccn1. The van der Waals surface area contributed by atoms with Gasteiger partial charge in [-0.25, -0.2) is 0 Å². The van der Waals surface area contributed by atoms with Crippen LogP contribution >= 0.6 is 0 Å². The summed E-state index contributed by atoms with van der Waals surface area (Å²) in [6.07, 6.45) is 3.65. The van der Waals surface area contributed by atoms with Crippen LogP contribution in [0, 0.1) is 12.1 Å². The van der Waals surface area contributed by atoms with Crippen LogP contribution in [0.2, 0.25) is 0 Å². The van der Waals surface area contributed by atoms with Crippen LogP contribution in [0.4, 0.5) is 0 Å². The number of para-hydroxylation sites is 2. The predicted molar refractivity (Wildman–Crippen MR) is 158 cm³/mol. The molecule has 0 saturated carbocycles. The third-order valence-corrected chi connectivity index (χ3v) is 7.12. The summed E-state index contributed by atoms with van der Waals surface area (Å²) in [6.45, 7) is 0. The zero-order valence-corrected chi connectivity index (χ0v) is 23.1. The van der Waals surface area contributed by atoms with Gasteiger partial charge in [-0.15, -0.1) is 29.8 Å². The van der Waals surface area contributed by atoms with Crippen molar-refractivity contribution in [3.8, 4) is 33.9 Å². The number of ether oxygens (including phenoxy) is 1. The van der Waals surface area contributed by atoms with Crippen molar-refractivity contribution < 1.29 is 25.2 Å². The number of imidazole rings is 1. The first-order chi connectivity index (χ1) is 19.8. The molecule has 0 aliphatic carbocycles. The fourth-order valence-corrected chi connectivity index (χ4v) is 5.29. The van der Waals surface area contributed by atoms with Gasteiger partial charge in [-0.3, -0.25) is 9.97 Å². The molecule has 0 fully saturated rings. The Bertz CT molecular complexity index is 2210. The van der Waals surface area contributed by atoms with Gasteiger partial charge in [-0.05, 0) is 47.2 Å². The Balaban J connectivity index is 0.00000276. The van der Waals surface area contributed by atoms with E-state index in [1.54, 1.807) is 0 Å². The molecule has 0 aliphatic rings. The molecule has 0 aliphatic heterocycles. The van der Waals surface area contributed by atoms with Crippen LogP contribution in [0.15, 0.2) is 122 Å². The number of hydrogen-bond donors (Lipinski definition) is 0. The van der Waals surface area contributed by atoms with Crippen LogP contribution in [0.25, 0.3) is 60.9 Å². The molecule has 6 heteroatoms. The van der Waals surface area contributed by atoms with Crippen molar-refractivity contribution in [2.45, 2.75) is 0 Å². The van der Waals surface area contributed by atoms with E-state index in [0.29, 0.717) is 11.5 Å². The van der Waals surface area contributed by atoms with E-state index in [0.717, 1.165) is 60.9 Å². The fourth-order valence-electron chi connectivity index (χ4n) is 5.29. The summed E-state index contributed by atoms with van der Waals surface area (Å²) in [6, 6.07) is 43.2. The molecule has 0 radical (unpaired) electrons. The summed E-state index contributed by atoms with van der Waals surface area (Å²) in [5.41, 5.74) is 8.61. The molecular weight excluding hydrogens is 599 g/mol. The molecule has 0 saturated heterocycles. The number of hydrogen-bond acceptors (Lipinski definition) is 4. The van der Waals surface area contributed by atoms with Crippen molar-refractivity contribution in [2.24, 2.45) is 0 Å². The fraction of sp³-hybridized carbons (Fsp3) is 0. The molecule has 8 rings (SSSR count). The number of aromatic nitrogens is 4. The van der Waals surface area contributed by atoms with Crippen molar-refractivity contribution >= 4 is 38.5 Å². The van der Waals surface area contributed by atoms with Gasteiger partial charge in [-0.2, -0.15) is 0 Å². The summed E-state index contributed by atoms with van der Waals surface area (Å²) in [7, 11) is 0. The molecule has 5 nitrogen and oxygen atoms in total. The zero-order valence-electron chi connectivity index (χ0n) is 21.6. The minimum absolute atomic E-state index is 0. The average molecular weight is 619 g/mol. The topological polar surface area (TPSA) is 52.3 Å². The quantitative estimate of drug-likeness (QED) is 0.113. The van der Waals surface area contributed by atoms with Gasteiger partial charge in [-0.1, -0.05) is 77.5 Å². The number of rotatable bonds is 4. The molecule has 8 aromatic rings. The monoisotopic (exact) mass is 618 g/mol. The number of nitrogens with zero attached hydrogens (tertiary/aromatic N) is 4. The van der Waals surface area contributed by atoms with Crippen LogP contribution in [-0.4, -0.2) is 19.4 Å². The van der Waals surface area contributed by atoms with E-state index in [1.807, 2.05) is 91.3 Å². The van der Waals surface area contributed by atoms with E-state index < -0.39 is 0 Å². The maximum Gasteiger partial charge on any atom is 2.00 e. The standard InChI is InChI=1S/C35H20N4O.Pd/c1-2-8-23(9-3-1)24-17-19-36-31(21-24)25-10-6-11-26(20-25)40-27-15-16-28-29(22-27)35-38-30-12-4-5-13-32(30)39(35)33-14-7-18-37-34(28)33;/h1-19,21H;/q-2;+2. The Morgan fingerprint density at radius 2 is 1.46 bits per heavy atom. The Kier molecular flexibility index (Phi) is 6.28. The summed E-state index contributed by atoms with van der Waals surface area (Å²) in [5.74, 6) is 1.17. The van der Waals surface area contributed by atoms with Crippen molar-refractivity contribution in [1.82, 2.24) is 19.4 Å². The molecule has 196 valence electrons. The van der Waals surface area contributed by atoms with E-state index in [9.17, 15) is 0 Å². The van der Waals surface area contributed by atoms with Crippen LogP contribution < -0.4 is 4.74 Å². The van der Waals surface area contributed by atoms with E-state index in [2.05, 4.69) is 51.8 Å². The zero-order chi connectivity index (χ0) is 26.5. The molecule has 0 bridgehead atoms. The van der Waals surface area contributed by atoms with Gasteiger partial charge in [0, 0.05) is 23.9 Å². The van der Waals surface area contributed by atoms with Crippen LogP contribution in [0.3, 0.4) is 0 Å². The van der Waals surface area contributed by atoms with Crippen LogP contribution in [0.5, 0.6) is 11.5 Å². The largest absolute Gasteiger partial charge is 2.00 e. The summed E-state index contributed by atoms with van der Waals surface area (Å²) in [4.78, 5) is 14.3. The summed E-state index contributed by atoms with van der Waals surface area (Å²) in [5, 5.41) is 1.83. The second-order valence-electron chi connectivity index (χ2n) is 9.57. The first-order valence-corrected chi connectivity index (χ1v) is 13.0. The summed E-state index contributed by atoms with van der Waals surface area (Å²) >= 11 is 0. The predicted octanol–water partition coefficient (Wildman–Crippen LogP) is 8.31. The second kappa shape index (κ2) is 10.3. The van der Waals surface area contributed by atoms with Crippen molar-refractivity contribution in [1.29, 1.82) is 0 Å². The molecule has 4 heterocycles. The maximum atomic E-state index is 6.30. The maximum absolute atomic E-state index is 6.30. The van der Waals surface area contributed by atoms with Gasteiger partial charge >= 0.3 is 20.4 Å². The van der Waals surface area contributed by atoms with Crippen LogP contribution in [-0.2, 0) is 20.4 Å². The van der Waals surface area contributed by atoms with Gasteiger partial charge in [0.2, 0.25) is 0 Å². The summed E-state index contributed by atoms with van der Waals surface area (Å²) < 4.78 is 8.45. The van der Waals surface area contributed by atoms with E-state index >= 15 is 0 Å². The molecule has 0 spiro atoms. The second-order valence-corrected chi connectivity index (χ2v) is 9.57. The Morgan fingerprint density at radius 3 is 2.39 bits per heavy atom. The van der Waals surface area contributed by atoms with Crippen molar-refractivity contribution in [3.63, 3.8) is 0 Å². The molecule has 4 aromatic carbocycles. The molecule has 4 aromatic heterocycles. The van der Waals surface area contributed by atoms with Gasteiger partial charge in [0.05, 0.1) is 27.7 Å². The van der Waals surface area contributed by atoms with Crippen molar-refractivity contribution in [2.75, 3.05) is 0 Å². The third-order valence-electron chi connectivity index (χ3n) is 7.12. The van der Waals surface area contributed by atoms with Crippen LogP contribution in [0.1, 0.15) is 0 Å². The molecule has 0 atom stereocenters. The van der Waals surface area contributed by atoms with Gasteiger partial charge in [0.15, 0.2) is 0 Å². The van der Waals surface area contributed by atoms with E-state index in [4.69, 9.17) is 14.7 Å². The van der Waals surface area contributed by atoms with Crippen molar-refractivity contribution in [3.05, 3.63) is 134 Å². The Hall–Kier alpha value is -4.89. The Morgan fingerprint density at radius 1 is 0.634 bits per heavy atom. The first-order valence-electron chi connectivity index (χ1n) is 13.0. The molecule has 0 unspecified atom stereocenters. The average Bonchev–Trinajstić information content (AvgIpc) is 3.42.